The Balaban J connectivity index is 1.29. The second kappa shape index (κ2) is 13.3. The molecule has 260 valence electrons. The summed E-state index contributed by atoms with van der Waals surface area (Å²) in [5, 5.41) is 10.4. The van der Waals surface area contributed by atoms with Crippen molar-refractivity contribution in [3.05, 3.63) is 133 Å². The van der Waals surface area contributed by atoms with Gasteiger partial charge in [0.2, 0.25) is 0 Å². The van der Waals surface area contributed by atoms with Crippen LogP contribution in [0.15, 0.2) is 133 Å². The summed E-state index contributed by atoms with van der Waals surface area (Å²) >= 11 is 0. The number of imidazole rings is 1. The highest BCUT2D eigenvalue weighted by molar-refractivity contribution is 6.71. The second-order valence-corrected chi connectivity index (χ2v) is 16.1. The topological polar surface area (TPSA) is 17.8 Å². The number of fused-ring (bicyclic) bond motifs is 5. The van der Waals surface area contributed by atoms with Crippen LogP contribution in [0.3, 0.4) is 0 Å². The summed E-state index contributed by atoms with van der Waals surface area (Å²) in [6.45, 7) is 0. The number of aromatic nitrogens is 2. The number of benzene rings is 9. The monoisotopic (exact) mass is 718 g/mol. The number of hydrogen-bond donors (Lipinski definition) is 0. The van der Waals surface area contributed by atoms with Gasteiger partial charge in [0.1, 0.15) is 68.6 Å². The molecular weight excluding hydrogens is 679 g/mol. The maximum atomic E-state index is 5.29. The number of rotatable bonds is 4. The first-order valence-corrected chi connectivity index (χ1v) is 20.2. The van der Waals surface area contributed by atoms with E-state index in [4.69, 9.17) is 4.98 Å². The summed E-state index contributed by atoms with van der Waals surface area (Å²) in [7, 11) is 18.6. The molecule has 0 aliphatic rings. The van der Waals surface area contributed by atoms with Crippen LogP contribution in [0.1, 0.15) is 0 Å². The SMILES string of the molecule is Bc1c(B)c(B)c2c(-c3ccc4ccccc4c3)c3c(B)c(B)c(B)c(B)c3c(-c3ccc(-c4nc5ccccc5n4-c4cccc5ccccc45)cc3)c2c1B. The van der Waals surface area contributed by atoms with E-state index in [-0.39, 0.29) is 0 Å². The molecule has 57 heavy (non-hydrogen) atoms. The van der Waals surface area contributed by atoms with Crippen molar-refractivity contribution in [3.8, 4) is 39.3 Å². The van der Waals surface area contributed by atoms with Gasteiger partial charge in [-0.05, 0) is 84.2 Å². The fraction of sp³-hybridized carbons (Fsp3) is 0. The third-order valence-corrected chi connectivity index (χ3v) is 13.4. The largest absolute Gasteiger partial charge is 0.292 e. The van der Waals surface area contributed by atoms with E-state index in [1.165, 1.54) is 109 Å². The van der Waals surface area contributed by atoms with Gasteiger partial charge in [0.15, 0.2) is 0 Å². The zero-order chi connectivity index (χ0) is 39.3. The first kappa shape index (κ1) is 35.4. The Kier molecular flexibility index (Phi) is 8.27. The lowest BCUT2D eigenvalue weighted by Crippen LogP contribution is -2.50. The Morgan fingerprint density at radius 3 is 1.47 bits per heavy atom. The predicted molar refractivity (Wildman–Crippen MR) is 273 cm³/mol. The Labute approximate surface area is 341 Å². The van der Waals surface area contributed by atoms with Crippen molar-refractivity contribution in [2.75, 3.05) is 0 Å². The minimum absolute atomic E-state index is 0.942. The predicted octanol–water partition coefficient (Wildman–Crippen LogP) is -1.29. The van der Waals surface area contributed by atoms with Crippen molar-refractivity contribution in [1.82, 2.24) is 9.55 Å². The zero-order valence-corrected chi connectivity index (χ0v) is 34.1. The van der Waals surface area contributed by atoms with Gasteiger partial charge in [-0.25, -0.2) is 4.98 Å². The second-order valence-electron chi connectivity index (χ2n) is 16.1. The molecule has 0 bridgehead atoms. The highest BCUT2D eigenvalue weighted by Gasteiger charge is 2.25. The van der Waals surface area contributed by atoms with E-state index in [9.17, 15) is 0 Å². The van der Waals surface area contributed by atoms with Crippen LogP contribution in [0.2, 0.25) is 0 Å². The molecule has 9 aromatic carbocycles. The Hall–Kier alpha value is -5.99. The van der Waals surface area contributed by atoms with E-state index in [1.807, 2.05) is 0 Å². The van der Waals surface area contributed by atoms with Crippen LogP contribution in [-0.2, 0) is 0 Å². The highest BCUT2D eigenvalue weighted by atomic mass is 15.1. The maximum Gasteiger partial charge on any atom is 0.145 e. The van der Waals surface area contributed by atoms with Crippen molar-refractivity contribution >= 4 is 161 Å². The Morgan fingerprint density at radius 2 is 0.842 bits per heavy atom. The molecular formula is C47H38B8N2. The van der Waals surface area contributed by atoms with Gasteiger partial charge < -0.3 is 0 Å². The average Bonchev–Trinajstić information content (AvgIpc) is 3.64. The molecule has 0 N–H and O–H groups in total. The van der Waals surface area contributed by atoms with Crippen molar-refractivity contribution in [1.29, 1.82) is 0 Å². The molecule has 0 radical (unpaired) electrons. The third kappa shape index (κ3) is 5.26. The lowest BCUT2D eigenvalue weighted by Gasteiger charge is -2.28. The Morgan fingerprint density at radius 1 is 0.368 bits per heavy atom. The van der Waals surface area contributed by atoms with Gasteiger partial charge >= 0.3 is 0 Å². The molecule has 2 nitrogen and oxygen atoms in total. The number of para-hydroxylation sites is 2. The molecule has 10 heteroatoms. The molecule has 1 aromatic heterocycles. The molecule has 0 aliphatic carbocycles. The first-order valence-electron chi connectivity index (χ1n) is 20.2. The van der Waals surface area contributed by atoms with Crippen molar-refractivity contribution < 1.29 is 0 Å². The van der Waals surface area contributed by atoms with Crippen LogP contribution in [0, 0.1) is 0 Å². The van der Waals surface area contributed by atoms with E-state index in [2.05, 4.69) is 201 Å². The molecule has 0 amide bonds. The molecule has 1 heterocycles. The Bertz CT molecular complexity index is 3250. The normalized spacial score (nSPS) is 11.7. The highest BCUT2D eigenvalue weighted by Crippen LogP contribution is 2.42. The molecule has 0 saturated heterocycles. The molecule has 0 aliphatic heterocycles. The summed E-state index contributed by atoms with van der Waals surface area (Å²) in [4.78, 5) is 5.29. The molecule has 0 atom stereocenters. The van der Waals surface area contributed by atoms with Gasteiger partial charge in [0.05, 0.1) is 16.7 Å². The van der Waals surface area contributed by atoms with Gasteiger partial charge in [-0.1, -0.05) is 131 Å². The third-order valence-electron chi connectivity index (χ3n) is 13.4. The van der Waals surface area contributed by atoms with Crippen LogP contribution in [0.4, 0.5) is 0 Å². The van der Waals surface area contributed by atoms with E-state index < -0.39 is 0 Å². The summed E-state index contributed by atoms with van der Waals surface area (Å²) in [5.74, 6) is 0.942. The summed E-state index contributed by atoms with van der Waals surface area (Å²) in [5.41, 5.74) is 20.4. The molecule has 0 saturated carbocycles. The van der Waals surface area contributed by atoms with Crippen molar-refractivity contribution in [2.24, 2.45) is 0 Å². The average molecular weight is 717 g/mol. The van der Waals surface area contributed by atoms with E-state index >= 15 is 0 Å². The van der Waals surface area contributed by atoms with Crippen LogP contribution in [0.5, 0.6) is 0 Å². The number of hydrogen-bond acceptors (Lipinski definition) is 1. The van der Waals surface area contributed by atoms with Gasteiger partial charge in [-0.15, -0.1) is 21.9 Å². The standard InChI is InChI=1S/C47H38B8N2/c48-39-35-33(25-17-19-26(20-18-25)47-56-30-13-5-6-14-32(30)57(47)31-15-7-11-24-9-3-4-12-29(24)31)36-38(42(51)46(55)44(53)40(36)49)34(37(35)41(50)45(54)43(39)52)28-21-16-23-8-1-2-10-27(23)22-28/h1-22H,48-55H2. The molecule has 10 aromatic rings. The summed E-state index contributed by atoms with van der Waals surface area (Å²) in [6.07, 6.45) is 0. The minimum Gasteiger partial charge on any atom is -0.292 e. The minimum atomic E-state index is 0.942. The maximum absolute atomic E-state index is 5.29. The lowest BCUT2D eigenvalue weighted by atomic mass is 9.59. The summed E-state index contributed by atoms with van der Waals surface area (Å²) < 4.78 is 2.34. The van der Waals surface area contributed by atoms with Gasteiger partial charge in [-0.2, -0.15) is 0 Å². The lowest BCUT2D eigenvalue weighted by molar-refractivity contribution is 1.11. The van der Waals surface area contributed by atoms with Gasteiger partial charge in [0, 0.05) is 10.9 Å². The molecule has 0 unspecified atom stereocenters. The zero-order valence-electron chi connectivity index (χ0n) is 34.1. The molecule has 10 rings (SSSR count). The quantitative estimate of drug-likeness (QED) is 0.164. The van der Waals surface area contributed by atoms with E-state index in [1.54, 1.807) is 0 Å². The van der Waals surface area contributed by atoms with Crippen LogP contribution in [-0.4, -0.2) is 72.3 Å². The van der Waals surface area contributed by atoms with E-state index in [0.717, 1.165) is 28.1 Å². The van der Waals surface area contributed by atoms with Crippen molar-refractivity contribution in [3.63, 3.8) is 0 Å². The van der Waals surface area contributed by atoms with Crippen LogP contribution >= 0.6 is 0 Å². The van der Waals surface area contributed by atoms with Gasteiger partial charge in [-0.3, -0.25) is 4.57 Å². The molecule has 0 spiro atoms. The van der Waals surface area contributed by atoms with Crippen molar-refractivity contribution in [2.45, 2.75) is 0 Å². The molecule has 0 fully saturated rings. The first-order chi connectivity index (χ1) is 27.6. The fourth-order valence-electron chi connectivity index (χ4n) is 9.70. The smallest absolute Gasteiger partial charge is 0.145 e. The summed E-state index contributed by atoms with van der Waals surface area (Å²) in [6, 6.07) is 48.8. The van der Waals surface area contributed by atoms with Crippen LogP contribution < -0.4 is 43.7 Å². The fourth-order valence-corrected chi connectivity index (χ4v) is 9.70. The van der Waals surface area contributed by atoms with Gasteiger partial charge in [0.25, 0.3) is 0 Å². The van der Waals surface area contributed by atoms with E-state index in [0.29, 0.717) is 0 Å². The number of nitrogens with zero attached hydrogens (tertiary/aromatic N) is 2. The van der Waals surface area contributed by atoms with Crippen LogP contribution in [0.25, 0.3) is 93.5 Å².